The van der Waals surface area contributed by atoms with E-state index in [1.54, 1.807) is 36.5 Å². The highest BCUT2D eigenvalue weighted by Gasteiger charge is 2.20. The molecule has 0 atom stereocenters. The van der Waals surface area contributed by atoms with Crippen LogP contribution in [0, 0.1) is 0 Å². The second-order valence-electron chi connectivity index (χ2n) is 7.21. The van der Waals surface area contributed by atoms with Gasteiger partial charge >= 0.3 is 0 Å². The third-order valence-electron chi connectivity index (χ3n) is 4.87. The Morgan fingerprint density at radius 3 is 2.44 bits per heavy atom. The third-order valence-corrected chi connectivity index (χ3v) is 5.62. The number of nitrogens with zero attached hydrogens (tertiary/aromatic N) is 2. The van der Waals surface area contributed by atoms with Crippen LogP contribution < -0.4 is 15.4 Å². The first-order valence-electron chi connectivity index (χ1n) is 10.0. The third kappa shape index (κ3) is 5.68. The summed E-state index contributed by atoms with van der Waals surface area (Å²) in [6.07, 6.45) is 3.66. The first-order valence-corrected chi connectivity index (χ1v) is 11.2. The number of halogens is 2. The van der Waals surface area contributed by atoms with Gasteiger partial charge in [0, 0.05) is 36.1 Å². The minimum absolute atomic E-state index is 0.0608. The molecule has 1 aromatic heterocycles. The predicted octanol–water partition coefficient (Wildman–Crippen LogP) is 6.23. The molecule has 3 aromatic rings. The van der Waals surface area contributed by atoms with E-state index in [0.29, 0.717) is 38.0 Å². The second kappa shape index (κ2) is 10.2. The number of benzene rings is 2. The lowest BCUT2D eigenvalue weighted by Crippen LogP contribution is -2.28. The highest BCUT2D eigenvalue weighted by Crippen LogP contribution is 2.26. The van der Waals surface area contributed by atoms with Gasteiger partial charge < -0.3 is 20.3 Å². The van der Waals surface area contributed by atoms with Crippen LogP contribution in [0.4, 0.5) is 11.4 Å². The number of nitrogens with one attached hydrogen (secondary N) is 2. The van der Waals surface area contributed by atoms with E-state index in [2.05, 4.69) is 15.6 Å². The van der Waals surface area contributed by atoms with Gasteiger partial charge in [0.1, 0.15) is 17.2 Å². The van der Waals surface area contributed by atoms with E-state index in [-0.39, 0.29) is 5.91 Å². The van der Waals surface area contributed by atoms with Crippen molar-refractivity contribution in [2.45, 2.75) is 12.8 Å². The number of thiocarbonyl (C=S) groups is 1. The van der Waals surface area contributed by atoms with Crippen molar-refractivity contribution in [3.05, 3.63) is 76.5 Å². The molecule has 2 N–H and O–H groups in total. The van der Waals surface area contributed by atoms with Gasteiger partial charge in [0.25, 0.3) is 5.91 Å². The summed E-state index contributed by atoms with van der Waals surface area (Å²) in [7, 11) is 0. The molecule has 0 unspecified atom stereocenters. The van der Waals surface area contributed by atoms with Crippen molar-refractivity contribution in [3.8, 4) is 11.5 Å². The average Bonchev–Trinajstić information content (AvgIpc) is 3.32. The molecule has 2 aromatic carbocycles. The lowest BCUT2D eigenvalue weighted by Gasteiger charge is -2.15. The predicted molar refractivity (Wildman–Crippen MR) is 132 cm³/mol. The van der Waals surface area contributed by atoms with Gasteiger partial charge in [-0.15, -0.1) is 0 Å². The van der Waals surface area contributed by atoms with E-state index >= 15 is 0 Å². The largest absolute Gasteiger partial charge is 0.457 e. The number of carbonyl (C=O) groups is 1. The van der Waals surface area contributed by atoms with E-state index in [9.17, 15) is 4.79 Å². The van der Waals surface area contributed by atoms with Crippen molar-refractivity contribution in [2.24, 2.45) is 0 Å². The van der Waals surface area contributed by atoms with Gasteiger partial charge in [0.05, 0.1) is 10.7 Å². The molecule has 4 rings (SSSR count). The number of aromatic nitrogens is 1. The average molecular weight is 487 g/mol. The molecule has 1 aliphatic heterocycles. The Balaban J connectivity index is 1.36. The highest BCUT2D eigenvalue weighted by molar-refractivity contribution is 7.80. The molecule has 6 nitrogen and oxygen atoms in total. The normalized spacial score (nSPS) is 13.0. The Kier molecular flexibility index (Phi) is 7.09. The quantitative estimate of drug-likeness (QED) is 0.416. The maximum absolute atomic E-state index is 12.5. The van der Waals surface area contributed by atoms with Crippen molar-refractivity contribution >= 4 is 57.8 Å². The zero-order valence-electron chi connectivity index (χ0n) is 17.0. The molecule has 0 radical (unpaired) electrons. The van der Waals surface area contributed by atoms with E-state index in [1.165, 1.54) is 0 Å². The van der Waals surface area contributed by atoms with E-state index in [4.69, 9.17) is 40.2 Å². The van der Waals surface area contributed by atoms with Gasteiger partial charge in [0.15, 0.2) is 5.11 Å². The van der Waals surface area contributed by atoms with Crippen LogP contribution >= 0.6 is 35.4 Å². The topological polar surface area (TPSA) is 66.5 Å². The first-order chi connectivity index (χ1) is 15.5. The molecule has 32 heavy (non-hydrogen) atoms. The number of amides is 1. The van der Waals surface area contributed by atoms with Crippen LogP contribution in [-0.4, -0.2) is 34.0 Å². The summed E-state index contributed by atoms with van der Waals surface area (Å²) in [5.74, 6) is 1.12. The Labute approximate surface area is 201 Å². The summed E-state index contributed by atoms with van der Waals surface area (Å²) < 4.78 is 5.90. The summed E-state index contributed by atoms with van der Waals surface area (Å²) in [6.45, 7) is 1.56. The molecule has 2 heterocycles. The second-order valence-corrected chi connectivity index (χ2v) is 8.46. The Bertz CT molecular complexity index is 1140. The van der Waals surface area contributed by atoms with Crippen molar-refractivity contribution in [1.82, 2.24) is 9.88 Å². The molecule has 1 aliphatic rings. The maximum atomic E-state index is 12.5. The molecule has 1 saturated heterocycles. The molecule has 0 bridgehead atoms. The zero-order chi connectivity index (χ0) is 22.5. The minimum atomic E-state index is -0.0608. The van der Waals surface area contributed by atoms with E-state index in [0.717, 1.165) is 31.6 Å². The monoisotopic (exact) mass is 486 g/mol. The molecule has 9 heteroatoms. The SMILES string of the molecule is O=C(c1cc(Oc2ccc(NC(=S)Nc3ccc(Cl)cc3Cl)cc2)ccn1)N1CCCC1. The summed E-state index contributed by atoms with van der Waals surface area (Å²) in [4.78, 5) is 18.6. The number of hydrogen-bond acceptors (Lipinski definition) is 4. The Hall–Kier alpha value is -2.87. The molecule has 0 aliphatic carbocycles. The Morgan fingerprint density at radius 1 is 0.969 bits per heavy atom. The Morgan fingerprint density at radius 2 is 1.72 bits per heavy atom. The fraction of sp³-hybridized carbons (Fsp3) is 0.174. The van der Waals surface area contributed by atoms with Crippen LogP contribution in [0.15, 0.2) is 60.8 Å². The van der Waals surface area contributed by atoms with Crippen LogP contribution in [0.2, 0.25) is 10.0 Å². The number of ether oxygens (including phenoxy) is 1. The van der Waals surface area contributed by atoms with Crippen LogP contribution in [0.5, 0.6) is 11.5 Å². The van der Waals surface area contributed by atoms with Gasteiger partial charge in [-0.2, -0.15) is 0 Å². The minimum Gasteiger partial charge on any atom is -0.457 e. The highest BCUT2D eigenvalue weighted by atomic mass is 35.5. The molecular weight excluding hydrogens is 467 g/mol. The number of likely N-dealkylation sites (tertiary alicyclic amines) is 1. The number of rotatable bonds is 5. The van der Waals surface area contributed by atoms with Gasteiger partial charge in [-0.3, -0.25) is 9.78 Å². The first kappa shape index (κ1) is 22.3. The standard InChI is InChI=1S/C23H20Cl2N4O2S/c24-15-3-8-20(19(25)13-15)28-23(32)27-16-4-6-17(7-5-16)31-18-9-10-26-21(14-18)22(30)29-11-1-2-12-29/h3-10,13-14H,1-2,11-12H2,(H2,27,28,32). The molecule has 0 saturated carbocycles. The summed E-state index contributed by atoms with van der Waals surface area (Å²) in [5.41, 5.74) is 1.82. The van der Waals surface area contributed by atoms with Crippen molar-refractivity contribution in [3.63, 3.8) is 0 Å². The van der Waals surface area contributed by atoms with Gasteiger partial charge in [0.2, 0.25) is 0 Å². The molecule has 1 fully saturated rings. The summed E-state index contributed by atoms with van der Waals surface area (Å²) in [6, 6.07) is 15.8. The van der Waals surface area contributed by atoms with Crippen LogP contribution in [0.25, 0.3) is 0 Å². The van der Waals surface area contributed by atoms with Gasteiger partial charge in [-0.05, 0) is 73.6 Å². The number of pyridine rings is 1. The summed E-state index contributed by atoms with van der Waals surface area (Å²) >= 11 is 17.4. The molecule has 164 valence electrons. The fourth-order valence-electron chi connectivity index (χ4n) is 3.29. The maximum Gasteiger partial charge on any atom is 0.272 e. The van der Waals surface area contributed by atoms with Crippen LogP contribution in [0.3, 0.4) is 0 Å². The van der Waals surface area contributed by atoms with Crippen LogP contribution in [0.1, 0.15) is 23.3 Å². The van der Waals surface area contributed by atoms with Crippen molar-refractivity contribution in [2.75, 3.05) is 23.7 Å². The zero-order valence-corrected chi connectivity index (χ0v) is 19.3. The fourth-order valence-corrected chi connectivity index (χ4v) is 3.98. The number of hydrogen-bond donors (Lipinski definition) is 2. The molecule has 0 spiro atoms. The van der Waals surface area contributed by atoms with Gasteiger partial charge in [-0.25, -0.2) is 0 Å². The van der Waals surface area contributed by atoms with Gasteiger partial charge in [-0.1, -0.05) is 23.2 Å². The van der Waals surface area contributed by atoms with Crippen LogP contribution in [-0.2, 0) is 0 Å². The number of carbonyl (C=O) groups excluding carboxylic acids is 1. The smallest absolute Gasteiger partial charge is 0.272 e. The summed E-state index contributed by atoms with van der Waals surface area (Å²) in [5, 5.41) is 7.55. The number of anilines is 2. The lowest BCUT2D eigenvalue weighted by molar-refractivity contribution is 0.0786. The van der Waals surface area contributed by atoms with E-state index < -0.39 is 0 Å². The molecular formula is C23H20Cl2N4O2S. The van der Waals surface area contributed by atoms with Crippen molar-refractivity contribution < 1.29 is 9.53 Å². The van der Waals surface area contributed by atoms with Crippen molar-refractivity contribution in [1.29, 1.82) is 0 Å². The lowest BCUT2D eigenvalue weighted by atomic mass is 10.3. The molecule has 1 amide bonds. The van der Waals surface area contributed by atoms with E-state index in [1.807, 2.05) is 29.2 Å².